The highest BCUT2D eigenvalue weighted by Gasteiger charge is 2.01. The van der Waals surface area contributed by atoms with Crippen LogP contribution in [-0.2, 0) is 13.2 Å². The number of rotatable bonds is 3. The molecule has 1 aromatic carbocycles. The summed E-state index contributed by atoms with van der Waals surface area (Å²) in [5.74, 6) is 0. The van der Waals surface area contributed by atoms with Crippen molar-refractivity contribution in [2.45, 2.75) is 13.2 Å². The molecule has 16 heavy (non-hydrogen) atoms. The lowest BCUT2D eigenvalue weighted by Crippen LogP contribution is -2.00. The largest absolute Gasteiger partial charge is 0.325 e. The molecule has 0 unspecified atom stereocenters. The second kappa shape index (κ2) is 4.81. The van der Waals surface area contributed by atoms with Gasteiger partial charge in [-0.05, 0) is 11.6 Å². The molecule has 1 aromatic heterocycles. The fraction of sp³-hybridized carbons (Fsp3) is 0.167. The van der Waals surface area contributed by atoms with Crippen molar-refractivity contribution < 1.29 is 4.39 Å². The molecule has 0 atom stereocenters. The van der Waals surface area contributed by atoms with Crippen LogP contribution in [0.5, 0.6) is 0 Å². The average Bonchev–Trinajstić information content (AvgIpc) is 2.39. The lowest BCUT2D eigenvalue weighted by atomic mass is 10.1. The summed E-state index contributed by atoms with van der Waals surface area (Å²) in [6.45, 7) is -0.0593. The Morgan fingerprint density at radius 2 is 1.88 bits per heavy atom. The van der Waals surface area contributed by atoms with Crippen LogP contribution in [0.3, 0.4) is 0 Å². The number of hydrogen-bond donors (Lipinski definition) is 1. The second-order valence-corrected chi connectivity index (χ2v) is 3.43. The van der Waals surface area contributed by atoms with Crippen LogP contribution < -0.4 is 5.73 Å². The van der Waals surface area contributed by atoms with Gasteiger partial charge in [-0.2, -0.15) is 0 Å². The van der Waals surface area contributed by atoms with E-state index >= 15 is 0 Å². The summed E-state index contributed by atoms with van der Waals surface area (Å²) < 4.78 is 12.3. The average molecular weight is 217 g/mol. The predicted octanol–water partition coefficient (Wildman–Crippen LogP) is 2.07. The Bertz CT molecular complexity index is 468. The van der Waals surface area contributed by atoms with Gasteiger partial charge < -0.3 is 5.73 Å². The van der Waals surface area contributed by atoms with Gasteiger partial charge in [-0.15, -0.1) is 0 Å². The molecule has 0 radical (unpaired) electrons. The van der Waals surface area contributed by atoms with Crippen LogP contribution in [0, 0.1) is 0 Å². The molecule has 4 heteroatoms. The zero-order valence-corrected chi connectivity index (χ0v) is 8.73. The fourth-order valence-electron chi connectivity index (χ4n) is 1.43. The first-order valence-corrected chi connectivity index (χ1v) is 4.99. The first-order valence-electron chi connectivity index (χ1n) is 4.99. The van der Waals surface area contributed by atoms with E-state index in [2.05, 4.69) is 9.97 Å². The minimum atomic E-state index is -0.446. The van der Waals surface area contributed by atoms with Crippen LogP contribution in [0.2, 0.25) is 0 Å². The van der Waals surface area contributed by atoms with Crippen molar-refractivity contribution in [1.29, 1.82) is 0 Å². The molecule has 0 saturated carbocycles. The highest BCUT2D eigenvalue weighted by atomic mass is 19.1. The van der Waals surface area contributed by atoms with E-state index in [1.54, 1.807) is 12.1 Å². The molecular weight excluding hydrogens is 205 g/mol. The predicted molar refractivity (Wildman–Crippen MR) is 60.2 cm³/mol. The van der Waals surface area contributed by atoms with E-state index in [0.717, 1.165) is 17.0 Å². The highest BCUT2D eigenvalue weighted by molar-refractivity contribution is 5.59. The molecule has 0 aliphatic carbocycles. The maximum atomic E-state index is 12.3. The number of hydrogen-bond acceptors (Lipinski definition) is 3. The quantitative estimate of drug-likeness (QED) is 0.856. The van der Waals surface area contributed by atoms with Crippen LogP contribution in [0.25, 0.3) is 11.3 Å². The van der Waals surface area contributed by atoms with Gasteiger partial charge in [-0.25, -0.2) is 14.4 Å². The number of benzene rings is 1. The Hall–Kier alpha value is -1.81. The fourth-order valence-corrected chi connectivity index (χ4v) is 1.43. The molecule has 0 aliphatic heterocycles. The van der Waals surface area contributed by atoms with Crippen molar-refractivity contribution in [2.75, 3.05) is 0 Å². The zero-order valence-electron chi connectivity index (χ0n) is 8.73. The van der Waals surface area contributed by atoms with E-state index in [0.29, 0.717) is 12.1 Å². The number of nitrogens with two attached hydrogens (primary N) is 1. The highest BCUT2D eigenvalue weighted by Crippen LogP contribution is 2.17. The third-order valence-electron chi connectivity index (χ3n) is 2.34. The van der Waals surface area contributed by atoms with Gasteiger partial charge in [0.1, 0.15) is 13.0 Å². The Morgan fingerprint density at radius 1 is 1.12 bits per heavy atom. The van der Waals surface area contributed by atoms with Gasteiger partial charge in [0, 0.05) is 12.1 Å². The van der Waals surface area contributed by atoms with Gasteiger partial charge in [0.25, 0.3) is 0 Å². The molecule has 0 bridgehead atoms. The summed E-state index contributed by atoms with van der Waals surface area (Å²) >= 11 is 0. The normalized spacial score (nSPS) is 10.4. The van der Waals surface area contributed by atoms with Crippen molar-refractivity contribution in [3.05, 3.63) is 47.9 Å². The van der Waals surface area contributed by atoms with E-state index in [1.165, 1.54) is 6.33 Å². The van der Waals surface area contributed by atoms with Crippen molar-refractivity contribution in [1.82, 2.24) is 9.97 Å². The summed E-state index contributed by atoms with van der Waals surface area (Å²) in [6, 6.07) is 9.03. The Morgan fingerprint density at radius 3 is 2.50 bits per heavy atom. The summed E-state index contributed by atoms with van der Waals surface area (Å²) in [4.78, 5) is 8.17. The van der Waals surface area contributed by atoms with Gasteiger partial charge in [0.2, 0.25) is 0 Å². The van der Waals surface area contributed by atoms with Crippen molar-refractivity contribution >= 4 is 0 Å². The van der Waals surface area contributed by atoms with Crippen LogP contribution in [0.1, 0.15) is 11.3 Å². The van der Waals surface area contributed by atoms with Crippen LogP contribution in [0.15, 0.2) is 36.7 Å². The summed E-state index contributed by atoms with van der Waals surface area (Å²) in [5, 5.41) is 0. The number of aromatic nitrogens is 2. The second-order valence-electron chi connectivity index (χ2n) is 3.43. The molecule has 3 nitrogen and oxygen atoms in total. The van der Waals surface area contributed by atoms with Gasteiger partial charge in [-0.1, -0.05) is 24.3 Å². The van der Waals surface area contributed by atoms with Crippen molar-refractivity contribution in [3.63, 3.8) is 0 Å². The van der Waals surface area contributed by atoms with Gasteiger partial charge in [-0.3, -0.25) is 0 Å². The standard InChI is InChI=1S/C12H12FN3/c13-6-9-1-3-10(4-2-9)12-5-11(7-14)15-8-16-12/h1-5,8H,6-7,14H2. The molecule has 0 amide bonds. The monoisotopic (exact) mass is 217 g/mol. The van der Waals surface area contributed by atoms with E-state index in [-0.39, 0.29) is 0 Å². The summed E-state index contributed by atoms with van der Waals surface area (Å²) in [5.41, 5.74) is 8.70. The molecule has 2 N–H and O–H groups in total. The van der Waals surface area contributed by atoms with Crippen LogP contribution in [-0.4, -0.2) is 9.97 Å². The first-order chi connectivity index (χ1) is 7.83. The molecular formula is C12H12FN3. The maximum absolute atomic E-state index is 12.3. The lowest BCUT2D eigenvalue weighted by Gasteiger charge is -2.03. The molecule has 2 rings (SSSR count). The SMILES string of the molecule is NCc1cc(-c2ccc(CF)cc2)ncn1. The van der Waals surface area contributed by atoms with E-state index in [1.807, 2.05) is 18.2 Å². The third-order valence-corrected chi connectivity index (χ3v) is 2.34. The summed E-state index contributed by atoms with van der Waals surface area (Å²) in [6.07, 6.45) is 1.49. The molecule has 82 valence electrons. The Balaban J connectivity index is 2.34. The minimum absolute atomic E-state index is 0.387. The molecule has 0 aliphatic rings. The zero-order chi connectivity index (χ0) is 11.4. The first kappa shape index (κ1) is 10.7. The Kier molecular flexibility index (Phi) is 3.22. The number of halogens is 1. The van der Waals surface area contributed by atoms with E-state index < -0.39 is 6.67 Å². The number of alkyl halides is 1. The molecule has 0 spiro atoms. The minimum Gasteiger partial charge on any atom is -0.325 e. The summed E-state index contributed by atoms with van der Waals surface area (Å²) in [7, 11) is 0. The van der Waals surface area contributed by atoms with Gasteiger partial charge >= 0.3 is 0 Å². The third kappa shape index (κ3) is 2.23. The lowest BCUT2D eigenvalue weighted by molar-refractivity contribution is 0.485. The Labute approximate surface area is 93.2 Å². The van der Waals surface area contributed by atoms with Crippen molar-refractivity contribution in [3.8, 4) is 11.3 Å². The molecule has 2 aromatic rings. The number of nitrogens with zero attached hydrogens (tertiary/aromatic N) is 2. The maximum Gasteiger partial charge on any atom is 0.116 e. The topological polar surface area (TPSA) is 51.8 Å². The smallest absolute Gasteiger partial charge is 0.116 e. The molecule has 0 saturated heterocycles. The van der Waals surface area contributed by atoms with Gasteiger partial charge in [0.05, 0.1) is 11.4 Å². The van der Waals surface area contributed by atoms with Crippen LogP contribution in [0.4, 0.5) is 4.39 Å². The van der Waals surface area contributed by atoms with Gasteiger partial charge in [0.15, 0.2) is 0 Å². The van der Waals surface area contributed by atoms with E-state index in [9.17, 15) is 4.39 Å². The van der Waals surface area contributed by atoms with Crippen molar-refractivity contribution in [2.24, 2.45) is 5.73 Å². The van der Waals surface area contributed by atoms with E-state index in [4.69, 9.17) is 5.73 Å². The molecule has 0 fully saturated rings. The molecule has 1 heterocycles. The van der Waals surface area contributed by atoms with Crippen LogP contribution >= 0.6 is 0 Å².